The Balaban J connectivity index is 2.83. The Hall–Kier alpha value is -1.69. The van der Waals surface area contributed by atoms with Gasteiger partial charge in [-0.3, -0.25) is 0 Å². The standard InChI is InChI=1S/C8H9N3O2S/c9-6-3-1-2-4-7(6)14-8(11-13)5-10-12/h1-5,12-13H,9H2/b10-5+,11-8+. The van der Waals surface area contributed by atoms with Gasteiger partial charge in [0.25, 0.3) is 0 Å². The first-order valence-electron chi connectivity index (χ1n) is 3.69. The third-order valence-electron chi connectivity index (χ3n) is 1.40. The van der Waals surface area contributed by atoms with Crippen LogP contribution in [0, 0.1) is 0 Å². The van der Waals surface area contributed by atoms with Gasteiger partial charge in [0, 0.05) is 10.6 Å². The average Bonchev–Trinajstić information content (AvgIpc) is 2.20. The van der Waals surface area contributed by atoms with Gasteiger partial charge in [-0.25, -0.2) is 0 Å². The summed E-state index contributed by atoms with van der Waals surface area (Å²) in [6, 6.07) is 7.11. The Morgan fingerprint density at radius 2 is 2.07 bits per heavy atom. The van der Waals surface area contributed by atoms with E-state index in [0.29, 0.717) is 5.69 Å². The zero-order valence-corrected chi connectivity index (χ0v) is 7.98. The lowest BCUT2D eigenvalue weighted by Gasteiger charge is -2.01. The van der Waals surface area contributed by atoms with Crippen LogP contribution >= 0.6 is 11.8 Å². The smallest absolute Gasteiger partial charge is 0.162 e. The summed E-state index contributed by atoms with van der Waals surface area (Å²) in [5, 5.41) is 22.6. The van der Waals surface area contributed by atoms with Crippen LogP contribution in [0.4, 0.5) is 5.69 Å². The number of nitrogen functional groups attached to an aromatic ring is 1. The molecule has 1 rings (SSSR count). The fraction of sp³-hybridized carbons (Fsp3) is 0. The van der Waals surface area contributed by atoms with Crippen LogP contribution in [0.15, 0.2) is 39.5 Å². The molecule has 0 aliphatic carbocycles. The van der Waals surface area contributed by atoms with E-state index in [2.05, 4.69) is 10.3 Å². The molecule has 5 nitrogen and oxygen atoms in total. The summed E-state index contributed by atoms with van der Waals surface area (Å²) < 4.78 is 0. The van der Waals surface area contributed by atoms with Gasteiger partial charge in [-0.05, 0) is 12.1 Å². The van der Waals surface area contributed by atoms with E-state index in [1.54, 1.807) is 18.2 Å². The minimum absolute atomic E-state index is 0.158. The second-order valence-corrected chi connectivity index (χ2v) is 3.38. The van der Waals surface area contributed by atoms with Crippen molar-refractivity contribution >= 4 is 28.7 Å². The number of hydrogen-bond donors (Lipinski definition) is 3. The SMILES string of the molecule is Nc1ccccc1SC(/C=N/O)=N/O. The molecule has 14 heavy (non-hydrogen) atoms. The Bertz CT molecular complexity index is 365. The maximum Gasteiger partial charge on any atom is 0.162 e. The van der Waals surface area contributed by atoms with Crippen molar-refractivity contribution in [3.05, 3.63) is 24.3 Å². The number of para-hydroxylation sites is 1. The molecule has 0 spiro atoms. The van der Waals surface area contributed by atoms with E-state index in [-0.39, 0.29) is 5.04 Å². The summed E-state index contributed by atoms with van der Waals surface area (Å²) in [4.78, 5) is 0.736. The van der Waals surface area contributed by atoms with Crippen molar-refractivity contribution in [1.82, 2.24) is 0 Å². The van der Waals surface area contributed by atoms with Crippen LogP contribution in [-0.2, 0) is 0 Å². The lowest BCUT2D eigenvalue weighted by Crippen LogP contribution is -1.96. The molecule has 0 aliphatic rings. The number of oxime groups is 2. The van der Waals surface area contributed by atoms with Crippen LogP contribution in [0.3, 0.4) is 0 Å². The van der Waals surface area contributed by atoms with Gasteiger partial charge in [-0.1, -0.05) is 34.2 Å². The van der Waals surface area contributed by atoms with Crippen molar-refractivity contribution < 1.29 is 10.4 Å². The van der Waals surface area contributed by atoms with Gasteiger partial charge >= 0.3 is 0 Å². The summed E-state index contributed by atoms with van der Waals surface area (Å²) in [6.45, 7) is 0. The van der Waals surface area contributed by atoms with Gasteiger partial charge in [0.05, 0.1) is 0 Å². The van der Waals surface area contributed by atoms with Crippen molar-refractivity contribution in [3.8, 4) is 0 Å². The van der Waals surface area contributed by atoms with Gasteiger partial charge in [-0.15, -0.1) is 0 Å². The van der Waals surface area contributed by atoms with Crippen LogP contribution in [0.1, 0.15) is 0 Å². The molecule has 0 amide bonds. The predicted octanol–water partition coefficient (Wildman–Crippen LogP) is 1.61. The van der Waals surface area contributed by atoms with Gasteiger partial charge in [0.1, 0.15) is 6.21 Å². The van der Waals surface area contributed by atoms with E-state index in [4.69, 9.17) is 16.1 Å². The lowest BCUT2D eigenvalue weighted by molar-refractivity contribution is 0.317. The van der Waals surface area contributed by atoms with Crippen molar-refractivity contribution in [2.24, 2.45) is 10.3 Å². The molecule has 0 radical (unpaired) electrons. The molecule has 0 aliphatic heterocycles. The van der Waals surface area contributed by atoms with E-state index < -0.39 is 0 Å². The monoisotopic (exact) mass is 211 g/mol. The average molecular weight is 211 g/mol. The van der Waals surface area contributed by atoms with Crippen LogP contribution < -0.4 is 5.73 Å². The second-order valence-electron chi connectivity index (χ2n) is 2.32. The van der Waals surface area contributed by atoms with Crippen LogP contribution in [-0.4, -0.2) is 21.7 Å². The summed E-state index contributed by atoms with van der Waals surface area (Å²) in [5.74, 6) is 0. The van der Waals surface area contributed by atoms with Gasteiger partial charge in [0.15, 0.2) is 5.04 Å². The van der Waals surface area contributed by atoms with Crippen molar-refractivity contribution in [1.29, 1.82) is 0 Å². The van der Waals surface area contributed by atoms with E-state index in [0.717, 1.165) is 22.9 Å². The molecule has 1 aromatic rings. The largest absolute Gasteiger partial charge is 0.411 e. The molecule has 0 heterocycles. The van der Waals surface area contributed by atoms with E-state index in [1.807, 2.05) is 6.07 Å². The minimum Gasteiger partial charge on any atom is -0.411 e. The Morgan fingerprint density at radius 1 is 1.36 bits per heavy atom. The number of anilines is 1. The molecule has 0 unspecified atom stereocenters. The Morgan fingerprint density at radius 3 is 2.64 bits per heavy atom. The molecule has 4 N–H and O–H groups in total. The zero-order chi connectivity index (χ0) is 10.4. The van der Waals surface area contributed by atoms with E-state index in [9.17, 15) is 0 Å². The number of benzene rings is 1. The molecular weight excluding hydrogens is 202 g/mol. The van der Waals surface area contributed by atoms with Crippen molar-refractivity contribution in [2.75, 3.05) is 5.73 Å². The summed E-state index contributed by atoms with van der Waals surface area (Å²) in [5.41, 5.74) is 6.23. The van der Waals surface area contributed by atoms with E-state index >= 15 is 0 Å². The number of rotatable bonds is 2. The second kappa shape index (κ2) is 5.13. The molecule has 0 bridgehead atoms. The molecule has 0 aromatic heterocycles. The van der Waals surface area contributed by atoms with Crippen molar-refractivity contribution in [3.63, 3.8) is 0 Å². The summed E-state index contributed by atoms with van der Waals surface area (Å²) in [7, 11) is 0. The van der Waals surface area contributed by atoms with E-state index in [1.165, 1.54) is 0 Å². The topological polar surface area (TPSA) is 91.2 Å². The molecular formula is C8H9N3O2S. The molecule has 1 aromatic carbocycles. The number of thioether (sulfide) groups is 1. The quantitative estimate of drug-likeness (QED) is 0.173. The lowest BCUT2D eigenvalue weighted by atomic mass is 10.3. The highest BCUT2D eigenvalue weighted by Gasteiger charge is 2.03. The first kappa shape index (κ1) is 10.4. The molecule has 0 atom stereocenters. The highest BCUT2D eigenvalue weighted by atomic mass is 32.2. The zero-order valence-electron chi connectivity index (χ0n) is 7.16. The highest BCUT2D eigenvalue weighted by molar-refractivity contribution is 8.15. The predicted molar refractivity (Wildman–Crippen MR) is 56.2 cm³/mol. The number of hydrogen-bond acceptors (Lipinski definition) is 6. The van der Waals surface area contributed by atoms with Crippen LogP contribution in [0.2, 0.25) is 0 Å². The summed E-state index contributed by atoms with van der Waals surface area (Å²) in [6.07, 6.45) is 1.02. The third-order valence-corrected chi connectivity index (χ3v) is 2.39. The van der Waals surface area contributed by atoms with Gasteiger partial charge < -0.3 is 16.1 Å². The fourth-order valence-corrected chi connectivity index (χ4v) is 1.51. The Kier molecular flexibility index (Phi) is 3.81. The fourth-order valence-electron chi connectivity index (χ4n) is 0.808. The number of nitrogens with two attached hydrogens (primary N) is 1. The first-order valence-corrected chi connectivity index (χ1v) is 4.51. The minimum atomic E-state index is 0.158. The van der Waals surface area contributed by atoms with Crippen molar-refractivity contribution in [2.45, 2.75) is 4.90 Å². The molecule has 74 valence electrons. The summed E-state index contributed by atoms with van der Waals surface area (Å²) >= 11 is 1.11. The molecule has 0 fully saturated rings. The van der Waals surface area contributed by atoms with Crippen LogP contribution in [0.25, 0.3) is 0 Å². The maximum absolute atomic E-state index is 8.53. The van der Waals surface area contributed by atoms with Gasteiger partial charge in [-0.2, -0.15) is 0 Å². The Labute approximate surface area is 84.9 Å². The molecule has 0 saturated heterocycles. The normalized spacial score (nSPS) is 12.1. The van der Waals surface area contributed by atoms with Gasteiger partial charge in [0.2, 0.25) is 0 Å². The maximum atomic E-state index is 8.53. The highest BCUT2D eigenvalue weighted by Crippen LogP contribution is 2.24. The third kappa shape index (κ3) is 2.67. The molecule has 0 saturated carbocycles. The van der Waals surface area contributed by atoms with Crippen LogP contribution in [0.5, 0.6) is 0 Å². The molecule has 6 heteroatoms. The number of nitrogens with zero attached hydrogens (tertiary/aromatic N) is 2. The first-order chi connectivity index (χ1) is 6.77.